The summed E-state index contributed by atoms with van der Waals surface area (Å²) in [6, 6.07) is 7.98. The van der Waals surface area contributed by atoms with Crippen molar-refractivity contribution in [3.8, 4) is 0 Å². The van der Waals surface area contributed by atoms with E-state index in [0.717, 1.165) is 5.56 Å². The van der Waals surface area contributed by atoms with Gasteiger partial charge in [0.25, 0.3) is 0 Å². The summed E-state index contributed by atoms with van der Waals surface area (Å²) >= 11 is 0. The summed E-state index contributed by atoms with van der Waals surface area (Å²) in [4.78, 5) is 16.5. The van der Waals surface area contributed by atoms with Crippen LogP contribution in [0.5, 0.6) is 0 Å². The van der Waals surface area contributed by atoms with E-state index in [-0.39, 0.29) is 5.78 Å². The number of hydrogen-bond acceptors (Lipinski definition) is 3. The summed E-state index contributed by atoms with van der Waals surface area (Å²) in [7, 11) is 0. The lowest BCUT2D eigenvalue weighted by Gasteiger charge is -2.10. The van der Waals surface area contributed by atoms with Gasteiger partial charge in [0, 0.05) is 0 Å². The number of nitrogens with zero attached hydrogens (tertiary/aromatic N) is 3. The van der Waals surface area contributed by atoms with E-state index in [4.69, 9.17) is 0 Å². The summed E-state index contributed by atoms with van der Waals surface area (Å²) in [5.41, 5.74) is 2.60. The number of carbonyl (C=O) groups excluding carboxylic acids is 1. The molecule has 1 aromatic heterocycles. The summed E-state index contributed by atoms with van der Waals surface area (Å²) in [6.07, 6.45) is 12.0. The van der Waals surface area contributed by atoms with Gasteiger partial charge in [0.05, 0.1) is 5.92 Å². The third-order valence-electron chi connectivity index (χ3n) is 3.20. The largest absolute Gasteiger partial charge is 0.292 e. The zero-order valence-electron chi connectivity index (χ0n) is 11.6. The molecule has 0 unspecified atom stereocenters. The molecule has 2 aromatic rings. The van der Waals surface area contributed by atoms with Gasteiger partial charge in [-0.2, -0.15) is 5.10 Å². The molecule has 1 aliphatic carbocycles. The molecule has 0 spiro atoms. The first-order chi connectivity index (χ1) is 10.2. The van der Waals surface area contributed by atoms with Gasteiger partial charge in [-0.05, 0) is 44.2 Å². The number of Topliss-reactive ketones (excluding diaryl/α,β-unsaturated/α-hetero) is 1. The Morgan fingerprint density at radius 1 is 1.14 bits per heavy atom. The molecule has 1 aliphatic rings. The van der Waals surface area contributed by atoms with Crippen LogP contribution in [0.2, 0.25) is 0 Å². The van der Waals surface area contributed by atoms with Crippen molar-refractivity contribution in [1.82, 2.24) is 14.8 Å². The van der Waals surface area contributed by atoms with Crippen molar-refractivity contribution in [3.05, 3.63) is 79.6 Å². The van der Waals surface area contributed by atoms with E-state index in [0.29, 0.717) is 11.6 Å². The van der Waals surface area contributed by atoms with Crippen LogP contribution >= 0.6 is 0 Å². The van der Waals surface area contributed by atoms with Gasteiger partial charge in [0.2, 0.25) is 0 Å². The number of allylic oxidation sites excluding steroid dienone is 1. The van der Waals surface area contributed by atoms with Crippen molar-refractivity contribution in [3.63, 3.8) is 0 Å². The number of ketones is 1. The average molecular weight is 276 g/mol. The number of rotatable bonds is 4. The lowest BCUT2D eigenvalue weighted by Crippen LogP contribution is -2.16. The van der Waals surface area contributed by atoms with Crippen LogP contribution in [0.25, 0.3) is 11.8 Å². The van der Waals surface area contributed by atoms with Crippen molar-refractivity contribution in [2.24, 2.45) is 0 Å². The molecule has 4 heteroatoms. The van der Waals surface area contributed by atoms with Crippen LogP contribution in [-0.4, -0.2) is 20.5 Å². The molecule has 1 heterocycles. The second-order valence-corrected chi connectivity index (χ2v) is 4.78. The smallest absolute Gasteiger partial charge is 0.189 e. The molecule has 0 bridgehead atoms. The maximum Gasteiger partial charge on any atom is 0.189 e. The number of carbonyl (C=O) groups is 1. The SMILES string of the molecule is Cc1ccc(/C=C(\C(=O)[C]2[CH][CH][CH][CH]2)n2cncn2)cc1. The number of aromatic nitrogens is 3. The Labute approximate surface area is 124 Å². The molecular formula is C17H14N3O. The zero-order chi connectivity index (χ0) is 14.7. The van der Waals surface area contributed by atoms with E-state index in [1.165, 1.54) is 22.9 Å². The van der Waals surface area contributed by atoms with E-state index in [2.05, 4.69) is 10.1 Å². The monoisotopic (exact) mass is 276 g/mol. The molecule has 1 saturated carbocycles. The number of hydrogen-bond donors (Lipinski definition) is 0. The Hall–Kier alpha value is -2.23. The average Bonchev–Trinajstić information content (AvgIpc) is 3.19. The van der Waals surface area contributed by atoms with Gasteiger partial charge in [-0.25, -0.2) is 9.67 Å². The van der Waals surface area contributed by atoms with Gasteiger partial charge >= 0.3 is 0 Å². The summed E-state index contributed by atoms with van der Waals surface area (Å²) in [5.74, 6) is 0.565. The van der Waals surface area contributed by atoms with E-state index in [1.807, 2.05) is 50.1 Å². The van der Waals surface area contributed by atoms with Crippen molar-refractivity contribution in [2.75, 3.05) is 0 Å². The molecular weight excluding hydrogens is 262 g/mol. The molecule has 5 radical (unpaired) electrons. The Morgan fingerprint density at radius 3 is 2.48 bits per heavy atom. The maximum absolute atomic E-state index is 12.6. The van der Waals surface area contributed by atoms with Gasteiger partial charge < -0.3 is 0 Å². The highest BCUT2D eigenvalue weighted by atomic mass is 16.1. The third kappa shape index (κ3) is 3.10. The Kier molecular flexibility index (Phi) is 3.95. The molecule has 1 aromatic carbocycles. The molecule has 4 nitrogen and oxygen atoms in total. The van der Waals surface area contributed by atoms with Gasteiger partial charge in [0.15, 0.2) is 5.78 Å². The van der Waals surface area contributed by atoms with Crippen molar-refractivity contribution in [2.45, 2.75) is 6.92 Å². The third-order valence-corrected chi connectivity index (χ3v) is 3.20. The molecule has 0 aliphatic heterocycles. The predicted octanol–water partition coefficient (Wildman–Crippen LogP) is 2.56. The maximum atomic E-state index is 12.6. The molecule has 0 atom stereocenters. The minimum Gasteiger partial charge on any atom is -0.292 e. The standard InChI is InChI=1S/C17H14N3O/c1-13-6-8-14(9-7-13)10-16(20-12-18-11-19-20)17(21)15-4-2-3-5-15/h2-12H,1H3/b16-10+. The van der Waals surface area contributed by atoms with E-state index < -0.39 is 0 Å². The van der Waals surface area contributed by atoms with Gasteiger partial charge in [-0.15, -0.1) is 0 Å². The van der Waals surface area contributed by atoms with Crippen molar-refractivity contribution < 1.29 is 4.79 Å². The van der Waals surface area contributed by atoms with Crippen LogP contribution in [0.3, 0.4) is 0 Å². The fourth-order valence-electron chi connectivity index (χ4n) is 2.06. The lowest BCUT2D eigenvalue weighted by atomic mass is 9.98. The fraction of sp³-hybridized carbons (Fsp3) is 0.0588. The van der Waals surface area contributed by atoms with Crippen LogP contribution in [0.15, 0.2) is 36.9 Å². The summed E-state index contributed by atoms with van der Waals surface area (Å²) in [6.45, 7) is 2.03. The number of aryl methyl sites for hydroxylation is 1. The predicted molar refractivity (Wildman–Crippen MR) is 80.8 cm³/mol. The van der Waals surface area contributed by atoms with Gasteiger partial charge in [0.1, 0.15) is 18.4 Å². The van der Waals surface area contributed by atoms with Crippen molar-refractivity contribution in [1.29, 1.82) is 0 Å². The molecule has 3 rings (SSSR count). The Morgan fingerprint density at radius 2 is 1.86 bits per heavy atom. The molecule has 21 heavy (non-hydrogen) atoms. The Bertz CT molecular complexity index is 635. The van der Waals surface area contributed by atoms with Crippen LogP contribution in [0, 0.1) is 38.5 Å². The first-order valence-electron chi connectivity index (χ1n) is 6.64. The van der Waals surface area contributed by atoms with E-state index in [1.54, 1.807) is 12.8 Å². The van der Waals surface area contributed by atoms with Gasteiger partial charge in [-0.3, -0.25) is 4.79 Å². The zero-order valence-corrected chi connectivity index (χ0v) is 11.6. The number of benzene rings is 1. The highest BCUT2D eigenvalue weighted by molar-refractivity contribution is 6.27. The first kappa shape index (κ1) is 13.7. The minimum atomic E-state index is -0.0777. The molecule has 0 N–H and O–H groups in total. The minimum absolute atomic E-state index is 0.0777. The van der Waals surface area contributed by atoms with Crippen LogP contribution < -0.4 is 0 Å². The second-order valence-electron chi connectivity index (χ2n) is 4.78. The van der Waals surface area contributed by atoms with E-state index in [9.17, 15) is 4.79 Å². The summed E-state index contributed by atoms with van der Waals surface area (Å²) in [5, 5.41) is 4.08. The van der Waals surface area contributed by atoms with Crippen LogP contribution in [-0.2, 0) is 4.79 Å². The lowest BCUT2D eigenvalue weighted by molar-refractivity contribution is -0.111. The van der Waals surface area contributed by atoms with Crippen LogP contribution in [0.1, 0.15) is 11.1 Å². The van der Waals surface area contributed by atoms with E-state index >= 15 is 0 Å². The van der Waals surface area contributed by atoms with Gasteiger partial charge in [-0.1, -0.05) is 29.8 Å². The molecule has 0 saturated heterocycles. The molecule has 1 fully saturated rings. The topological polar surface area (TPSA) is 47.8 Å². The highest BCUT2D eigenvalue weighted by Crippen LogP contribution is 2.28. The fourth-order valence-corrected chi connectivity index (χ4v) is 2.06. The van der Waals surface area contributed by atoms with Crippen molar-refractivity contribution >= 4 is 17.6 Å². The molecule has 103 valence electrons. The quantitative estimate of drug-likeness (QED) is 0.806. The second kappa shape index (κ2) is 6.04. The normalized spacial score (nSPS) is 16.3. The Balaban J connectivity index is 1.96. The first-order valence-corrected chi connectivity index (χ1v) is 6.64. The summed E-state index contributed by atoms with van der Waals surface area (Å²) < 4.78 is 1.50. The highest BCUT2D eigenvalue weighted by Gasteiger charge is 2.28. The molecule has 0 amide bonds. The van der Waals surface area contributed by atoms with Crippen LogP contribution in [0.4, 0.5) is 0 Å².